The SMILES string of the molecule is Cc1ccc(C)c(NC(=O)CN2CCN(S(=O)(=O)c3ccc(Cl)s3)CC2)c1. The van der Waals surface area contributed by atoms with Crippen LogP contribution in [0, 0.1) is 13.8 Å². The highest BCUT2D eigenvalue weighted by Crippen LogP contribution is 2.28. The molecule has 2 heterocycles. The summed E-state index contributed by atoms with van der Waals surface area (Å²) in [6, 6.07) is 9.06. The van der Waals surface area contributed by atoms with E-state index in [0.717, 1.165) is 28.2 Å². The number of halogens is 1. The standard InChI is InChI=1S/C18H22ClN3O3S2/c1-13-3-4-14(2)15(11-13)20-17(23)12-21-7-9-22(10-8-21)27(24,25)18-6-5-16(19)26-18/h3-6,11H,7-10,12H2,1-2H3,(H,20,23). The van der Waals surface area contributed by atoms with Gasteiger partial charge in [-0.05, 0) is 43.2 Å². The number of aryl methyl sites for hydroxylation is 2. The van der Waals surface area contributed by atoms with Gasteiger partial charge >= 0.3 is 0 Å². The number of rotatable bonds is 5. The number of nitrogens with one attached hydrogen (secondary N) is 1. The van der Waals surface area contributed by atoms with Crippen LogP contribution >= 0.6 is 22.9 Å². The fourth-order valence-electron chi connectivity index (χ4n) is 2.95. The Bertz CT molecular complexity index is 935. The van der Waals surface area contributed by atoms with Crippen LogP contribution in [0.5, 0.6) is 0 Å². The van der Waals surface area contributed by atoms with Gasteiger partial charge in [-0.15, -0.1) is 11.3 Å². The van der Waals surface area contributed by atoms with Crippen molar-refractivity contribution in [2.75, 3.05) is 38.0 Å². The fraction of sp³-hybridized carbons (Fsp3) is 0.389. The second-order valence-corrected chi connectivity index (χ2v) is 10.5. The first kappa shape index (κ1) is 20.3. The zero-order valence-corrected chi connectivity index (χ0v) is 17.6. The lowest BCUT2D eigenvalue weighted by Crippen LogP contribution is -2.50. The lowest BCUT2D eigenvalue weighted by Gasteiger charge is -2.33. The topological polar surface area (TPSA) is 69.7 Å². The van der Waals surface area contributed by atoms with Gasteiger partial charge in [0.25, 0.3) is 10.0 Å². The zero-order valence-electron chi connectivity index (χ0n) is 15.2. The molecule has 1 aliphatic heterocycles. The molecule has 1 saturated heterocycles. The molecule has 1 N–H and O–H groups in total. The van der Waals surface area contributed by atoms with Crippen molar-refractivity contribution in [1.29, 1.82) is 0 Å². The maximum absolute atomic E-state index is 12.6. The first-order valence-corrected chi connectivity index (χ1v) is 11.2. The molecule has 0 aliphatic carbocycles. The number of nitrogens with zero attached hydrogens (tertiary/aromatic N) is 2. The number of anilines is 1. The van der Waals surface area contributed by atoms with Gasteiger partial charge < -0.3 is 5.32 Å². The molecule has 1 aliphatic rings. The molecule has 146 valence electrons. The van der Waals surface area contributed by atoms with Crippen molar-refractivity contribution < 1.29 is 13.2 Å². The molecule has 1 aromatic heterocycles. The molecule has 3 rings (SSSR count). The molecular formula is C18H22ClN3O3S2. The van der Waals surface area contributed by atoms with Crippen LogP contribution in [0.25, 0.3) is 0 Å². The summed E-state index contributed by atoms with van der Waals surface area (Å²) in [4.78, 5) is 14.3. The summed E-state index contributed by atoms with van der Waals surface area (Å²) in [5, 5.41) is 2.94. The summed E-state index contributed by atoms with van der Waals surface area (Å²) in [6.45, 7) is 5.91. The first-order valence-electron chi connectivity index (χ1n) is 8.60. The van der Waals surface area contributed by atoms with E-state index in [1.807, 2.05) is 36.9 Å². The van der Waals surface area contributed by atoms with Crippen molar-refractivity contribution in [3.8, 4) is 0 Å². The Balaban J connectivity index is 1.55. The highest BCUT2D eigenvalue weighted by molar-refractivity contribution is 7.91. The predicted molar refractivity (Wildman–Crippen MR) is 109 cm³/mol. The molecule has 0 bridgehead atoms. The quantitative estimate of drug-likeness (QED) is 0.796. The second kappa shape index (κ2) is 8.28. The number of thiophene rings is 1. The predicted octanol–water partition coefficient (Wildman–Crippen LogP) is 2.96. The smallest absolute Gasteiger partial charge is 0.252 e. The summed E-state index contributed by atoms with van der Waals surface area (Å²) in [5.41, 5.74) is 2.92. The lowest BCUT2D eigenvalue weighted by atomic mass is 10.1. The van der Waals surface area contributed by atoms with Crippen molar-refractivity contribution in [3.05, 3.63) is 45.8 Å². The molecule has 0 atom stereocenters. The molecular weight excluding hydrogens is 406 g/mol. The van der Waals surface area contributed by atoms with Gasteiger partial charge in [0.15, 0.2) is 0 Å². The highest BCUT2D eigenvalue weighted by atomic mass is 35.5. The number of benzene rings is 1. The first-order chi connectivity index (χ1) is 12.8. The largest absolute Gasteiger partial charge is 0.325 e. The van der Waals surface area contributed by atoms with Gasteiger partial charge in [0.05, 0.1) is 10.9 Å². The molecule has 0 saturated carbocycles. The zero-order chi connectivity index (χ0) is 19.6. The van der Waals surface area contributed by atoms with Crippen LogP contribution in [0.2, 0.25) is 4.34 Å². The Morgan fingerprint density at radius 2 is 1.85 bits per heavy atom. The van der Waals surface area contributed by atoms with E-state index >= 15 is 0 Å². The summed E-state index contributed by atoms with van der Waals surface area (Å²) in [6.07, 6.45) is 0. The minimum Gasteiger partial charge on any atom is -0.325 e. The number of hydrogen-bond donors (Lipinski definition) is 1. The summed E-state index contributed by atoms with van der Waals surface area (Å²) in [7, 11) is -3.51. The van der Waals surface area contributed by atoms with Crippen LogP contribution in [0.1, 0.15) is 11.1 Å². The Labute approximate surface area is 168 Å². The van der Waals surface area contributed by atoms with Crippen LogP contribution in [0.3, 0.4) is 0 Å². The van der Waals surface area contributed by atoms with E-state index < -0.39 is 10.0 Å². The summed E-state index contributed by atoms with van der Waals surface area (Å²) in [5.74, 6) is -0.0926. The Kier molecular flexibility index (Phi) is 6.22. The molecule has 0 spiro atoms. The monoisotopic (exact) mass is 427 g/mol. The highest BCUT2D eigenvalue weighted by Gasteiger charge is 2.30. The Morgan fingerprint density at radius 3 is 2.48 bits per heavy atom. The minimum atomic E-state index is -3.51. The summed E-state index contributed by atoms with van der Waals surface area (Å²) < 4.78 is 27.4. The third-order valence-electron chi connectivity index (χ3n) is 4.51. The molecule has 6 nitrogen and oxygen atoms in total. The van der Waals surface area contributed by atoms with Gasteiger partial charge in [-0.1, -0.05) is 23.7 Å². The van der Waals surface area contributed by atoms with Gasteiger partial charge in [-0.2, -0.15) is 4.31 Å². The van der Waals surface area contributed by atoms with Crippen molar-refractivity contribution in [2.45, 2.75) is 18.1 Å². The van der Waals surface area contributed by atoms with Gasteiger partial charge in [0.2, 0.25) is 5.91 Å². The van der Waals surface area contributed by atoms with E-state index in [1.165, 1.54) is 10.4 Å². The van der Waals surface area contributed by atoms with Gasteiger partial charge in [-0.3, -0.25) is 9.69 Å². The third kappa shape index (κ3) is 4.89. The summed E-state index contributed by atoms with van der Waals surface area (Å²) >= 11 is 6.92. The van der Waals surface area contributed by atoms with E-state index in [2.05, 4.69) is 5.32 Å². The average molecular weight is 428 g/mol. The number of amides is 1. The maximum Gasteiger partial charge on any atom is 0.252 e. The van der Waals surface area contributed by atoms with Gasteiger partial charge in [0.1, 0.15) is 4.21 Å². The van der Waals surface area contributed by atoms with E-state index in [4.69, 9.17) is 11.6 Å². The fourth-order valence-corrected chi connectivity index (χ4v) is 6.01. The molecule has 1 fully saturated rings. The Hall–Kier alpha value is -1.45. The molecule has 2 aromatic rings. The molecule has 1 aromatic carbocycles. The van der Waals surface area contributed by atoms with E-state index in [1.54, 1.807) is 6.07 Å². The van der Waals surface area contributed by atoms with Crippen molar-refractivity contribution in [3.63, 3.8) is 0 Å². The number of hydrogen-bond acceptors (Lipinski definition) is 5. The average Bonchev–Trinajstić information content (AvgIpc) is 3.06. The molecule has 0 unspecified atom stereocenters. The number of carbonyl (C=O) groups is 1. The van der Waals surface area contributed by atoms with Gasteiger partial charge in [-0.25, -0.2) is 8.42 Å². The second-order valence-electron chi connectivity index (χ2n) is 6.61. The van der Waals surface area contributed by atoms with Crippen molar-refractivity contribution in [1.82, 2.24) is 9.21 Å². The normalized spacial score (nSPS) is 16.4. The Morgan fingerprint density at radius 1 is 1.15 bits per heavy atom. The number of carbonyl (C=O) groups excluding carboxylic acids is 1. The number of piperazine rings is 1. The van der Waals surface area contributed by atoms with Crippen molar-refractivity contribution in [2.24, 2.45) is 0 Å². The number of sulfonamides is 1. The van der Waals surface area contributed by atoms with Crippen LogP contribution < -0.4 is 5.32 Å². The van der Waals surface area contributed by atoms with Crippen LogP contribution in [-0.2, 0) is 14.8 Å². The maximum atomic E-state index is 12.6. The van der Waals surface area contributed by atoms with Crippen LogP contribution in [-0.4, -0.2) is 56.3 Å². The molecule has 1 amide bonds. The third-order valence-corrected chi connectivity index (χ3v) is 8.11. The molecule has 0 radical (unpaired) electrons. The lowest BCUT2D eigenvalue weighted by molar-refractivity contribution is -0.117. The van der Waals surface area contributed by atoms with E-state index in [-0.39, 0.29) is 16.7 Å². The molecule has 27 heavy (non-hydrogen) atoms. The van der Waals surface area contributed by atoms with Crippen molar-refractivity contribution >= 4 is 44.6 Å². The van der Waals surface area contributed by atoms with Crippen LogP contribution in [0.4, 0.5) is 5.69 Å². The van der Waals surface area contributed by atoms with Gasteiger partial charge in [0, 0.05) is 31.9 Å². The van der Waals surface area contributed by atoms with Crippen LogP contribution in [0.15, 0.2) is 34.5 Å². The molecule has 9 heteroatoms. The van der Waals surface area contributed by atoms with E-state index in [9.17, 15) is 13.2 Å². The minimum absolute atomic E-state index is 0.0926. The van der Waals surface area contributed by atoms with E-state index in [0.29, 0.717) is 30.5 Å².